The summed E-state index contributed by atoms with van der Waals surface area (Å²) in [6.07, 6.45) is -4.66. The topological polar surface area (TPSA) is 34.9 Å². The molecular formula is C12H8ClF3N2O. The minimum absolute atomic E-state index is 0.129. The molecule has 0 N–H and O–H groups in total. The molecule has 0 spiro atoms. The lowest BCUT2D eigenvalue weighted by molar-refractivity contribution is -0.141. The van der Waals surface area contributed by atoms with E-state index in [9.17, 15) is 18.0 Å². The van der Waals surface area contributed by atoms with E-state index in [4.69, 9.17) is 11.6 Å². The number of aromatic nitrogens is 2. The van der Waals surface area contributed by atoms with Gasteiger partial charge in [-0.1, -0.05) is 23.7 Å². The van der Waals surface area contributed by atoms with Gasteiger partial charge in [0, 0.05) is 12.1 Å². The van der Waals surface area contributed by atoms with Crippen LogP contribution in [0, 0.1) is 0 Å². The van der Waals surface area contributed by atoms with Crippen molar-refractivity contribution in [3.63, 3.8) is 0 Å². The van der Waals surface area contributed by atoms with E-state index in [1.54, 1.807) is 0 Å². The van der Waals surface area contributed by atoms with Crippen molar-refractivity contribution in [3.05, 3.63) is 51.5 Å². The number of nitrogens with zero attached hydrogens (tertiary/aromatic N) is 2. The maximum atomic E-state index is 12.6. The van der Waals surface area contributed by atoms with E-state index in [-0.39, 0.29) is 5.69 Å². The third-order valence-corrected chi connectivity index (χ3v) is 2.82. The van der Waals surface area contributed by atoms with Crippen LogP contribution in [0.1, 0.15) is 5.69 Å². The van der Waals surface area contributed by atoms with Crippen LogP contribution in [0.3, 0.4) is 0 Å². The summed E-state index contributed by atoms with van der Waals surface area (Å²) < 4.78 is 38.9. The first kappa shape index (κ1) is 13.6. The number of benzene rings is 1. The van der Waals surface area contributed by atoms with Crippen molar-refractivity contribution in [2.45, 2.75) is 6.18 Å². The van der Waals surface area contributed by atoms with Gasteiger partial charge in [0.1, 0.15) is 0 Å². The maximum absolute atomic E-state index is 12.6. The van der Waals surface area contributed by atoms with Crippen LogP contribution in [0.2, 0.25) is 5.02 Å². The van der Waals surface area contributed by atoms with Gasteiger partial charge < -0.3 is 0 Å². The predicted octanol–water partition coefficient (Wildman–Crippen LogP) is 3.12. The van der Waals surface area contributed by atoms with Gasteiger partial charge in [0.15, 0.2) is 5.69 Å². The van der Waals surface area contributed by atoms with Crippen molar-refractivity contribution in [1.29, 1.82) is 0 Å². The molecule has 100 valence electrons. The minimum Gasteiger partial charge on any atom is -0.295 e. The zero-order chi connectivity index (χ0) is 14.2. The molecule has 0 aliphatic carbocycles. The SMILES string of the molecule is Cn1c(-c2ccc(Cl)cc2)cc(C(F)(F)F)nc1=O. The lowest BCUT2D eigenvalue weighted by atomic mass is 10.1. The molecule has 7 heteroatoms. The molecule has 1 aromatic heterocycles. The van der Waals surface area contributed by atoms with Gasteiger partial charge in [-0.05, 0) is 23.8 Å². The first-order valence-corrected chi connectivity index (χ1v) is 5.58. The fraction of sp³-hybridized carbons (Fsp3) is 0.167. The highest BCUT2D eigenvalue weighted by Crippen LogP contribution is 2.29. The van der Waals surface area contributed by atoms with E-state index in [1.165, 1.54) is 31.3 Å². The van der Waals surface area contributed by atoms with E-state index in [0.717, 1.165) is 10.6 Å². The normalized spacial score (nSPS) is 11.6. The standard InChI is InChI=1S/C12H8ClF3N2O/c1-18-9(7-2-4-8(13)5-3-7)6-10(12(14,15)16)17-11(18)19/h2-6H,1H3. The Morgan fingerprint density at radius 3 is 2.32 bits per heavy atom. The van der Waals surface area contributed by atoms with Crippen LogP contribution in [0.4, 0.5) is 13.2 Å². The van der Waals surface area contributed by atoms with Crippen molar-refractivity contribution in [2.24, 2.45) is 7.05 Å². The van der Waals surface area contributed by atoms with Crippen LogP contribution in [0.15, 0.2) is 35.1 Å². The predicted molar refractivity (Wildman–Crippen MR) is 64.9 cm³/mol. The Morgan fingerprint density at radius 1 is 1.21 bits per heavy atom. The molecule has 0 fully saturated rings. The fourth-order valence-electron chi connectivity index (χ4n) is 1.58. The third-order valence-electron chi connectivity index (χ3n) is 2.57. The number of hydrogen-bond acceptors (Lipinski definition) is 2. The van der Waals surface area contributed by atoms with Crippen LogP contribution in [-0.2, 0) is 13.2 Å². The molecule has 0 aliphatic heterocycles. The Morgan fingerprint density at radius 2 is 1.79 bits per heavy atom. The second kappa shape index (κ2) is 4.70. The van der Waals surface area contributed by atoms with Crippen LogP contribution in [0.25, 0.3) is 11.3 Å². The quantitative estimate of drug-likeness (QED) is 0.808. The average Bonchev–Trinajstić information content (AvgIpc) is 2.32. The molecule has 0 radical (unpaired) electrons. The Hall–Kier alpha value is -1.82. The highest BCUT2D eigenvalue weighted by Gasteiger charge is 2.33. The first-order valence-electron chi connectivity index (χ1n) is 5.20. The molecule has 1 aromatic carbocycles. The lowest BCUT2D eigenvalue weighted by Gasteiger charge is -2.11. The van der Waals surface area contributed by atoms with Crippen LogP contribution >= 0.6 is 11.6 Å². The fourth-order valence-corrected chi connectivity index (χ4v) is 1.71. The minimum atomic E-state index is -4.66. The molecule has 0 saturated carbocycles. The summed E-state index contributed by atoms with van der Waals surface area (Å²) in [6, 6.07) is 6.99. The third kappa shape index (κ3) is 2.78. The van der Waals surface area contributed by atoms with Gasteiger partial charge in [-0.2, -0.15) is 18.2 Å². The molecule has 0 aliphatic rings. The van der Waals surface area contributed by atoms with Crippen LogP contribution in [-0.4, -0.2) is 9.55 Å². The Labute approximate surface area is 111 Å². The molecule has 2 aromatic rings. The van der Waals surface area contributed by atoms with E-state index in [0.29, 0.717) is 10.6 Å². The van der Waals surface area contributed by atoms with Crippen molar-refractivity contribution in [2.75, 3.05) is 0 Å². The summed E-state index contributed by atoms with van der Waals surface area (Å²) in [5, 5.41) is 0.457. The number of rotatable bonds is 1. The van der Waals surface area contributed by atoms with E-state index >= 15 is 0 Å². The van der Waals surface area contributed by atoms with Gasteiger partial charge in [-0.3, -0.25) is 4.57 Å². The molecule has 19 heavy (non-hydrogen) atoms. The van der Waals surface area contributed by atoms with Crippen molar-refractivity contribution in [1.82, 2.24) is 9.55 Å². The smallest absolute Gasteiger partial charge is 0.295 e. The van der Waals surface area contributed by atoms with E-state index in [2.05, 4.69) is 4.98 Å². The van der Waals surface area contributed by atoms with Crippen molar-refractivity contribution in [3.8, 4) is 11.3 Å². The highest BCUT2D eigenvalue weighted by atomic mass is 35.5. The van der Waals surface area contributed by atoms with Gasteiger partial charge in [0.05, 0.1) is 5.69 Å². The molecule has 0 saturated heterocycles. The number of alkyl halides is 3. The number of hydrogen-bond donors (Lipinski definition) is 0. The Balaban J connectivity index is 2.66. The summed E-state index contributed by atoms with van der Waals surface area (Å²) >= 11 is 5.71. The van der Waals surface area contributed by atoms with Gasteiger partial charge in [-0.25, -0.2) is 4.79 Å². The van der Waals surface area contributed by atoms with Gasteiger partial charge in [-0.15, -0.1) is 0 Å². The number of halogens is 4. The first-order chi connectivity index (χ1) is 8.79. The van der Waals surface area contributed by atoms with Gasteiger partial charge >= 0.3 is 11.9 Å². The van der Waals surface area contributed by atoms with Crippen LogP contribution in [0.5, 0.6) is 0 Å². The summed E-state index contributed by atoms with van der Waals surface area (Å²) in [5.41, 5.74) is -1.58. The molecule has 0 unspecified atom stereocenters. The van der Waals surface area contributed by atoms with E-state index < -0.39 is 17.6 Å². The van der Waals surface area contributed by atoms with Gasteiger partial charge in [0.25, 0.3) is 0 Å². The van der Waals surface area contributed by atoms with Crippen LogP contribution < -0.4 is 5.69 Å². The summed E-state index contributed by atoms with van der Waals surface area (Å²) in [5.74, 6) is 0. The Kier molecular flexibility index (Phi) is 3.36. The van der Waals surface area contributed by atoms with Crippen molar-refractivity contribution < 1.29 is 13.2 Å². The molecule has 0 atom stereocenters. The lowest BCUT2D eigenvalue weighted by Crippen LogP contribution is -2.25. The second-order valence-corrected chi connectivity index (χ2v) is 4.31. The molecule has 0 amide bonds. The summed E-state index contributed by atoms with van der Waals surface area (Å²) in [7, 11) is 1.36. The molecular weight excluding hydrogens is 281 g/mol. The zero-order valence-corrected chi connectivity index (χ0v) is 10.5. The Bertz CT molecular complexity index is 662. The second-order valence-electron chi connectivity index (χ2n) is 3.87. The largest absolute Gasteiger partial charge is 0.433 e. The maximum Gasteiger partial charge on any atom is 0.433 e. The highest BCUT2D eigenvalue weighted by molar-refractivity contribution is 6.30. The molecule has 1 heterocycles. The van der Waals surface area contributed by atoms with Gasteiger partial charge in [0.2, 0.25) is 0 Å². The summed E-state index contributed by atoms with van der Waals surface area (Å²) in [4.78, 5) is 14.5. The molecule has 0 bridgehead atoms. The average molecular weight is 289 g/mol. The van der Waals surface area contributed by atoms with E-state index in [1.807, 2.05) is 0 Å². The monoisotopic (exact) mass is 288 g/mol. The van der Waals surface area contributed by atoms with Crippen molar-refractivity contribution >= 4 is 11.6 Å². The molecule has 3 nitrogen and oxygen atoms in total. The summed E-state index contributed by atoms with van der Waals surface area (Å²) in [6.45, 7) is 0. The zero-order valence-electron chi connectivity index (χ0n) is 9.70. The molecule has 2 rings (SSSR count).